The van der Waals surface area contributed by atoms with Gasteiger partial charge < -0.3 is 10.2 Å². The average molecular weight is 265 g/mol. The summed E-state index contributed by atoms with van der Waals surface area (Å²) in [6.45, 7) is 11.4. The molecule has 1 atom stereocenters. The minimum Gasteiger partial charge on any atom is -0.316 e. The Morgan fingerprint density at radius 1 is 1.05 bits per heavy atom. The molecule has 2 heterocycles. The normalized spacial score (nSPS) is 35.8. The van der Waals surface area contributed by atoms with E-state index >= 15 is 0 Å². The van der Waals surface area contributed by atoms with Gasteiger partial charge in [0.1, 0.15) is 0 Å². The first-order valence-corrected chi connectivity index (χ1v) is 8.42. The Bertz CT molecular complexity index is 272. The fourth-order valence-electron chi connectivity index (χ4n) is 4.35. The lowest BCUT2D eigenvalue weighted by molar-refractivity contribution is 0.0603. The first-order valence-electron chi connectivity index (χ1n) is 8.42. The summed E-state index contributed by atoms with van der Waals surface area (Å²) in [5.41, 5.74) is 0.522. The molecule has 110 valence electrons. The fraction of sp³-hybridized carbons (Fsp3) is 1.00. The molecule has 3 rings (SSSR count). The summed E-state index contributed by atoms with van der Waals surface area (Å²) >= 11 is 0. The van der Waals surface area contributed by atoms with Gasteiger partial charge in [-0.2, -0.15) is 0 Å². The number of rotatable bonds is 3. The van der Waals surface area contributed by atoms with Gasteiger partial charge >= 0.3 is 0 Å². The number of hydrogen-bond donors (Lipinski definition) is 1. The van der Waals surface area contributed by atoms with Crippen molar-refractivity contribution in [2.24, 2.45) is 5.41 Å². The van der Waals surface area contributed by atoms with Gasteiger partial charge in [0.15, 0.2) is 0 Å². The summed E-state index contributed by atoms with van der Waals surface area (Å²) in [4.78, 5) is 5.49. The van der Waals surface area contributed by atoms with E-state index in [9.17, 15) is 0 Å². The third-order valence-corrected chi connectivity index (χ3v) is 5.54. The summed E-state index contributed by atoms with van der Waals surface area (Å²) < 4.78 is 0. The van der Waals surface area contributed by atoms with Gasteiger partial charge in [0, 0.05) is 45.3 Å². The maximum atomic E-state index is 3.58. The molecule has 3 heteroatoms. The maximum absolute atomic E-state index is 3.58. The summed E-state index contributed by atoms with van der Waals surface area (Å²) in [5.74, 6) is 0. The van der Waals surface area contributed by atoms with Crippen molar-refractivity contribution in [3.8, 4) is 0 Å². The molecule has 0 aromatic carbocycles. The lowest BCUT2D eigenvalue weighted by atomic mass is 9.82. The molecule has 2 aliphatic heterocycles. The Labute approximate surface area is 118 Å². The topological polar surface area (TPSA) is 18.5 Å². The molecule has 1 aliphatic carbocycles. The Hall–Kier alpha value is -0.120. The molecule has 0 amide bonds. The smallest absolute Gasteiger partial charge is 0.0113 e. The number of piperidine rings is 1. The molecule has 2 saturated heterocycles. The van der Waals surface area contributed by atoms with E-state index < -0.39 is 0 Å². The van der Waals surface area contributed by atoms with Crippen molar-refractivity contribution in [2.75, 3.05) is 45.8 Å². The van der Waals surface area contributed by atoms with Crippen molar-refractivity contribution < 1.29 is 0 Å². The second-order valence-electron chi connectivity index (χ2n) is 7.34. The van der Waals surface area contributed by atoms with Gasteiger partial charge in [0.25, 0.3) is 0 Å². The van der Waals surface area contributed by atoms with Crippen LogP contribution in [0, 0.1) is 5.41 Å². The van der Waals surface area contributed by atoms with E-state index in [0.29, 0.717) is 5.41 Å². The van der Waals surface area contributed by atoms with Crippen molar-refractivity contribution in [3.05, 3.63) is 0 Å². The number of nitrogens with one attached hydrogen (secondary N) is 1. The Balaban J connectivity index is 1.44. The van der Waals surface area contributed by atoms with E-state index in [2.05, 4.69) is 22.0 Å². The van der Waals surface area contributed by atoms with Gasteiger partial charge in [-0.25, -0.2) is 0 Å². The molecule has 3 aliphatic rings. The molecule has 0 radical (unpaired) electrons. The van der Waals surface area contributed by atoms with Crippen LogP contribution in [0.15, 0.2) is 0 Å². The van der Waals surface area contributed by atoms with E-state index in [1.165, 1.54) is 84.3 Å². The second-order valence-corrected chi connectivity index (χ2v) is 7.34. The Morgan fingerprint density at radius 3 is 2.42 bits per heavy atom. The van der Waals surface area contributed by atoms with Crippen molar-refractivity contribution in [3.63, 3.8) is 0 Å². The van der Waals surface area contributed by atoms with E-state index in [1.54, 1.807) is 0 Å². The van der Waals surface area contributed by atoms with Crippen LogP contribution < -0.4 is 5.32 Å². The highest BCUT2D eigenvalue weighted by Crippen LogP contribution is 2.28. The van der Waals surface area contributed by atoms with Crippen LogP contribution in [0.2, 0.25) is 0 Å². The van der Waals surface area contributed by atoms with Crippen LogP contribution in [-0.4, -0.2) is 61.7 Å². The molecule has 0 aromatic rings. The zero-order valence-corrected chi connectivity index (χ0v) is 12.7. The number of hydrogen-bond acceptors (Lipinski definition) is 3. The summed E-state index contributed by atoms with van der Waals surface area (Å²) in [6.07, 6.45) is 8.62. The monoisotopic (exact) mass is 265 g/mol. The third-order valence-electron chi connectivity index (χ3n) is 5.54. The highest BCUT2D eigenvalue weighted by molar-refractivity contribution is 4.87. The predicted molar refractivity (Wildman–Crippen MR) is 80.5 cm³/mol. The SMILES string of the molecule is CC1(CN2CCN(C3CCCC3)CC2)CCCNC1. The number of nitrogens with zero attached hydrogens (tertiary/aromatic N) is 2. The molecule has 0 bridgehead atoms. The quantitative estimate of drug-likeness (QED) is 0.841. The molecule has 1 N–H and O–H groups in total. The summed E-state index contributed by atoms with van der Waals surface area (Å²) in [6, 6.07) is 0.925. The molecule has 3 fully saturated rings. The minimum atomic E-state index is 0.522. The highest BCUT2D eigenvalue weighted by atomic mass is 15.3. The fourth-order valence-corrected chi connectivity index (χ4v) is 4.35. The van der Waals surface area contributed by atoms with E-state index in [4.69, 9.17) is 0 Å². The van der Waals surface area contributed by atoms with Gasteiger partial charge in [0.2, 0.25) is 0 Å². The van der Waals surface area contributed by atoms with Crippen LogP contribution in [0.3, 0.4) is 0 Å². The first kappa shape index (κ1) is 13.8. The largest absolute Gasteiger partial charge is 0.316 e. The van der Waals surface area contributed by atoms with Crippen molar-refractivity contribution in [1.82, 2.24) is 15.1 Å². The minimum absolute atomic E-state index is 0.522. The predicted octanol–water partition coefficient (Wildman–Crippen LogP) is 1.94. The zero-order chi connectivity index (χ0) is 13.1. The lowest BCUT2D eigenvalue weighted by Crippen LogP contribution is -2.53. The van der Waals surface area contributed by atoms with Crippen molar-refractivity contribution in [1.29, 1.82) is 0 Å². The van der Waals surface area contributed by atoms with E-state index in [1.807, 2.05) is 0 Å². The Morgan fingerprint density at radius 2 is 1.79 bits per heavy atom. The van der Waals surface area contributed by atoms with Crippen LogP contribution in [-0.2, 0) is 0 Å². The first-order chi connectivity index (χ1) is 9.25. The Kier molecular flexibility index (Phi) is 4.45. The lowest BCUT2D eigenvalue weighted by Gasteiger charge is -2.43. The van der Waals surface area contributed by atoms with Crippen LogP contribution in [0.4, 0.5) is 0 Å². The molecule has 0 aromatic heterocycles. The molecule has 0 spiro atoms. The van der Waals surface area contributed by atoms with Crippen molar-refractivity contribution >= 4 is 0 Å². The number of piperazine rings is 1. The average Bonchev–Trinajstić information content (AvgIpc) is 2.94. The zero-order valence-electron chi connectivity index (χ0n) is 12.7. The molecular formula is C16H31N3. The summed E-state index contributed by atoms with van der Waals surface area (Å²) in [7, 11) is 0. The van der Waals surface area contributed by atoms with Gasteiger partial charge in [-0.3, -0.25) is 4.90 Å². The molecule has 3 nitrogen and oxygen atoms in total. The molecule has 19 heavy (non-hydrogen) atoms. The van der Waals surface area contributed by atoms with Crippen molar-refractivity contribution in [2.45, 2.75) is 51.5 Å². The van der Waals surface area contributed by atoms with Crippen LogP contribution in [0.5, 0.6) is 0 Å². The standard InChI is InChI=1S/C16H31N3/c1-16(7-4-8-17-13-16)14-18-9-11-19(12-10-18)15-5-2-3-6-15/h15,17H,2-14H2,1H3. The van der Waals surface area contributed by atoms with Crippen LogP contribution in [0.1, 0.15) is 45.4 Å². The van der Waals surface area contributed by atoms with E-state index in [-0.39, 0.29) is 0 Å². The molecule has 1 unspecified atom stereocenters. The third kappa shape index (κ3) is 3.50. The molecule has 1 saturated carbocycles. The maximum Gasteiger partial charge on any atom is 0.0113 e. The van der Waals surface area contributed by atoms with Gasteiger partial charge in [-0.1, -0.05) is 19.8 Å². The van der Waals surface area contributed by atoms with Gasteiger partial charge in [-0.05, 0) is 37.6 Å². The van der Waals surface area contributed by atoms with Gasteiger partial charge in [0.05, 0.1) is 0 Å². The summed E-state index contributed by atoms with van der Waals surface area (Å²) in [5, 5.41) is 3.58. The van der Waals surface area contributed by atoms with Crippen LogP contribution >= 0.6 is 0 Å². The van der Waals surface area contributed by atoms with E-state index in [0.717, 1.165) is 6.04 Å². The second kappa shape index (κ2) is 6.11. The van der Waals surface area contributed by atoms with Crippen LogP contribution in [0.25, 0.3) is 0 Å². The highest BCUT2D eigenvalue weighted by Gasteiger charge is 2.32. The van der Waals surface area contributed by atoms with Gasteiger partial charge in [-0.15, -0.1) is 0 Å². The molecular weight excluding hydrogens is 234 g/mol.